The van der Waals surface area contributed by atoms with Crippen molar-refractivity contribution in [3.63, 3.8) is 0 Å². The van der Waals surface area contributed by atoms with Crippen molar-refractivity contribution in [1.29, 1.82) is 0 Å². The lowest BCUT2D eigenvalue weighted by atomic mass is 10.1. The predicted octanol–water partition coefficient (Wildman–Crippen LogP) is 3.86. The zero-order chi connectivity index (χ0) is 22.1. The first kappa shape index (κ1) is 20.7. The molecule has 0 spiro atoms. The van der Waals surface area contributed by atoms with Gasteiger partial charge in [-0.2, -0.15) is 0 Å². The van der Waals surface area contributed by atoms with Crippen LogP contribution >= 0.6 is 11.3 Å². The van der Waals surface area contributed by atoms with E-state index in [9.17, 15) is 4.79 Å². The third-order valence-corrected chi connectivity index (χ3v) is 6.56. The molecule has 32 heavy (non-hydrogen) atoms. The summed E-state index contributed by atoms with van der Waals surface area (Å²) in [6, 6.07) is 14.1. The Balaban J connectivity index is 1.35. The van der Waals surface area contributed by atoms with Gasteiger partial charge in [0.15, 0.2) is 5.82 Å². The number of thiazole rings is 1. The van der Waals surface area contributed by atoms with Gasteiger partial charge in [0.25, 0.3) is 0 Å². The molecule has 2 aromatic carbocycles. The monoisotopic (exact) mass is 446 g/mol. The quantitative estimate of drug-likeness (QED) is 0.504. The van der Waals surface area contributed by atoms with E-state index in [2.05, 4.69) is 39.3 Å². The normalized spacial score (nSPS) is 14.8. The summed E-state index contributed by atoms with van der Waals surface area (Å²) >= 11 is 1.52. The van der Waals surface area contributed by atoms with Crippen LogP contribution in [0.4, 0.5) is 11.4 Å². The number of anilines is 2. The van der Waals surface area contributed by atoms with Crippen LogP contribution in [0.15, 0.2) is 53.4 Å². The van der Waals surface area contributed by atoms with Crippen LogP contribution in [0.3, 0.4) is 0 Å². The molecule has 1 N–H and O–H groups in total. The highest BCUT2D eigenvalue weighted by molar-refractivity contribution is 7.07. The molecule has 4 aromatic rings. The summed E-state index contributed by atoms with van der Waals surface area (Å²) in [7, 11) is 2.16. The molecule has 0 saturated carbocycles. The van der Waals surface area contributed by atoms with Crippen LogP contribution in [-0.4, -0.2) is 58.6 Å². The average Bonchev–Trinajstić information content (AvgIpc) is 3.44. The van der Waals surface area contributed by atoms with Crippen molar-refractivity contribution >= 4 is 39.7 Å². The number of rotatable bonds is 5. The number of aromatic nitrogens is 3. The van der Waals surface area contributed by atoms with E-state index >= 15 is 0 Å². The van der Waals surface area contributed by atoms with Crippen molar-refractivity contribution in [3.8, 4) is 11.5 Å². The van der Waals surface area contributed by atoms with Gasteiger partial charge >= 0.3 is 0 Å². The number of hydrogen-bond donors (Lipinski definition) is 1. The fraction of sp³-hybridized carbons (Fsp3) is 0.292. The second-order valence-electron chi connectivity index (χ2n) is 8.22. The van der Waals surface area contributed by atoms with E-state index in [0.717, 1.165) is 54.2 Å². The Hall–Kier alpha value is -3.23. The summed E-state index contributed by atoms with van der Waals surface area (Å²) in [6.07, 6.45) is 0. The number of carbonyl (C=O) groups is 1. The highest BCUT2D eigenvalue weighted by Gasteiger charge is 2.18. The minimum absolute atomic E-state index is 0.0833. The van der Waals surface area contributed by atoms with Crippen LogP contribution in [0.2, 0.25) is 0 Å². The van der Waals surface area contributed by atoms with Crippen molar-refractivity contribution in [1.82, 2.24) is 19.4 Å². The number of piperazine rings is 1. The highest BCUT2D eigenvalue weighted by Crippen LogP contribution is 2.26. The summed E-state index contributed by atoms with van der Waals surface area (Å²) in [4.78, 5) is 26.9. The van der Waals surface area contributed by atoms with Gasteiger partial charge in [0, 0.05) is 42.9 Å². The highest BCUT2D eigenvalue weighted by atomic mass is 32.1. The average molecular weight is 447 g/mol. The van der Waals surface area contributed by atoms with E-state index in [1.807, 2.05) is 47.2 Å². The van der Waals surface area contributed by atoms with Gasteiger partial charge in [0.2, 0.25) is 5.91 Å². The van der Waals surface area contributed by atoms with Crippen molar-refractivity contribution in [2.24, 2.45) is 0 Å². The summed E-state index contributed by atoms with van der Waals surface area (Å²) in [5.41, 5.74) is 7.46. The van der Waals surface area contributed by atoms with Crippen LogP contribution in [0.25, 0.3) is 22.6 Å². The zero-order valence-corrected chi connectivity index (χ0v) is 19.1. The second-order valence-corrected chi connectivity index (χ2v) is 8.94. The number of nitrogens with zero attached hydrogens (tertiary/aromatic N) is 5. The summed E-state index contributed by atoms with van der Waals surface area (Å²) in [5, 5.41) is 5.05. The Kier molecular flexibility index (Phi) is 5.63. The molecule has 7 nitrogen and oxygen atoms in total. The fourth-order valence-electron chi connectivity index (χ4n) is 4.14. The van der Waals surface area contributed by atoms with Gasteiger partial charge in [-0.1, -0.05) is 12.1 Å². The third-order valence-electron chi connectivity index (χ3n) is 5.97. The first-order valence-electron chi connectivity index (χ1n) is 10.8. The maximum absolute atomic E-state index is 13.0. The Morgan fingerprint density at radius 2 is 1.94 bits per heavy atom. The van der Waals surface area contributed by atoms with Crippen molar-refractivity contribution < 1.29 is 4.79 Å². The third kappa shape index (κ3) is 4.11. The number of nitrogens with one attached hydrogen (secondary N) is 1. The van der Waals surface area contributed by atoms with E-state index in [1.54, 1.807) is 5.51 Å². The van der Waals surface area contributed by atoms with Crippen LogP contribution in [0.5, 0.6) is 0 Å². The first-order valence-corrected chi connectivity index (χ1v) is 11.7. The number of hydrogen-bond acceptors (Lipinski definition) is 6. The topological polar surface area (TPSA) is 66.3 Å². The molecule has 1 saturated heterocycles. The summed E-state index contributed by atoms with van der Waals surface area (Å²) < 4.78 is 1.94. The molecule has 164 valence electrons. The number of amides is 1. The van der Waals surface area contributed by atoms with E-state index in [1.165, 1.54) is 17.0 Å². The van der Waals surface area contributed by atoms with E-state index in [-0.39, 0.29) is 12.5 Å². The van der Waals surface area contributed by atoms with Gasteiger partial charge in [-0.3, -0.25) is 4.79 Å². The van der Waals surface area contributed by atoms with Gasteiger partial charge in [0.05, 0.1) is 16.5 Å². The largest absolute Gasteiger partial charge is 0.369 e. The van der Waals surface area contributed by atoms with Crippen molar-refractivity contribution in [2.75, 3.05) is 43.4 Å². The lowest BCUT2D eigenvalue weighted by molar-refractivity contribution is -0.116. The molecule has 1 aliphatic heterocycles. The molecule has 5 rings (SSSR count). The van der Waals surface area contributed by atoms with E-state index in [0.29, 0.717) is 5.82 Å². The molecule has 8 heteroatoms. The lowest BCUT2D eigenvalue weighted by Crippen LogP contribution is -2.44. The molecule has 1 fully saturated rings. The SMILES string of the molecule is Cc1cc(N2CCN(C)CC2)ccc1NC(=O)Cn1c(-c2cscn2)nc2ccccc21. The summed E-state index contributed by atoms with van der Waals surface area (Å²) in [6.45, 7) is 6.40. The Morgan fingerprint density at radius 3 is 2.69 bits per heavy atom. The fourth-order valence-corrected chi connectivity index (χ4v) is 4.67. The molecule has 0 unspecified atom stereocenters. The Morgan fingerprint density at radius 1 is 1.12 bits per heavy atom. The first-order chi connectivity index (χ1) is 15.6. The van der Waals surface area contributed by atoms with Gasteiger partial charge < -0.3 is 19.7 Å². The van der Waals surface area contributed by atoms with Crippen molar-refractivity contribution in [2.45, 2.75) is 13.5 Å². The number of benzene rings is 2. The predicted molar refractivity (Wildman–Crippen MR) is 130 cm³/mol. The number of imidazole rings is 1. The molecule has 0 bridgehead atoms. The maximum atomic E-state index is 13.0. The molecule has 1 amide bonds. The zero-order valence-electron chi connectivity index (χ0n) is 18.3. The second kappa shape index (κ2) is 8.72. The van der Waals surface area contributed by atoms with Gasteiger partial charge in [-0.15, -0.1) is 11.3 Å². The number of fused-ring (bicyclic) bond motifs is 1. The lowest BCUT2D eigenvalue weighted by Gasteiger charge is -2.34. The Bertz CT molecular complexity index is 1240. The van der Waals surface area contributed by atoms with E-state index in [4.69, 9.17) is 4.98 Å². The minimum atomic E-state index is -0.0833. The van der Waals surface area contributed by atoms with Crippen LogP contribution < -0.4 is 10.2 Å². The molecule has 2 aromatic heterocycles. The Labute approximate surface area is 191 Å². The van der Waals surface area contributed by atoms with Gasteiger partial charge in [0.1, 0.15) is 12.2 Å². The minimum Gasteiger partial charge on any atom is -0.369 e. The van der Waals surface area contributed by atoms with Gasteiger partial charge in [-0.25, -0.2) is 9.97 Å². The molecule has 0 radical (unpaired) electrons. The molecule has 0 aliphatic carbocycles. The van der Waals surface area contributed by atoms with Crippen LogP contribution in [-0.2, 0) is 11.3 Å². The van der Waals surface area contributed by atoms with E-state index < -0.39 is 0 Å². The standard InChI is InChI=1S/C24H26N6OS/c1-17-13-18(29-11-9-28(2)10-12-29)7-8-19(17)26-23(31)14-30-22-6-4-3-5-20(22)27-24(30)21-15-32-16-25-21/h3-8,13,15-16H,9-12,14H2,1-2H3,(H,26,31). The molecular formula is C24H26N6OS. The molecular weight excluding hydrogens is 420 g/mol. The molecule has 0 atom stereocenters. The molecule has 1 aliphatic rings. The number of para-hydroxylation sites is 2. The number of carbonyl (C=O) groups excluding carboxylic acids is 1. The molecule has 3 heterocycles. The van der Waals surface area contributed by atoms with Crippen molar-refractivity contribution in [3.05, 3.63) is 58.9 Å². The smallest absolute Gasteiger partial charge is 0.244 e. The van der Waals surface area contributed by atoms with Crippen LogP contribution in [0.1, 0.15) is 5.56 Å². The maximum Gasteiger partial charge on any atom is 0.244 e. The van der Waals surface area contributed by atoms with Crippen LogP contribution in [0, 0.1) is 6.92 Å². The number of likely N-dealkylation sites (N-methyl/N-ethyl adjacent to an activating group) is 1. The summed E-state index contributed by atoms with van der Waals surface area (Å²) in [5.74, 6) is 0.629. The number of aryl methyl sites for hydroxylation is 1. The van der Waals surface area contributed by atoms with Gasteiger partial charge in [-0.05, 0) is 49.9 Å².